The number of hydrogen-bond donors (Lipinski definition) is 1. The maximum Gasteiger partial charge on any atom is -0.00227 e. The van der Waals surface area contributed by atoms with Crippen LogP contribution in [0.2, 0.25) is 0 Å². The molecule has 1 saturated heterocycles. The maximum absolute atomic E-state index is 3.27. The Morgan fingerprint density at radius 3 is 2.07 bits per heavy atom. The van der Waals surface area contributed by atoms with Gasteiger partial charge in [-0.15, -0.1) is 0 Å². The lowest BCUT2D eigenvalue weighted by molar-refractivity contribution is 0.651. The summed E-state index contributed by atoms with van der Waals surface area (Å²) in [6.45, 7) is 8.96. The van der Waals surface area contributed by atoms with Gasteiger partial charge >= 0.3 is 0 Å². The van der Waals surface area contributed by atoms with E-state index in [-0.39, 0.29) is 0 Å². The van der Waals surface area contributed by atoms with Crippen molar-refractivity contribution >= 4 is 0 Å². The zero-order valence-corrected chi connectivity index (χ0v) is 9.51. The summed E-state index contributed by atoms with van der Waals surface area (Å²) in [7, 11) is 0. The predicted octanol–water partition coefficient (Wildman–Crippen LogP) is 2.92. The smallest absolute Gasteiger partial charge is 0.00227 e. The molecular weight excluding hydrogens is 170 g/mol. The summed E-state index contributed by atoms with van der Waals surface area (Å²) in [5.74, 6) is 0.935. The van der Waals surface area contributed by atoms with Crippen molar-refractivity contribution in [1.82, 2.24) is 5.32 Å². The maximum atomic E-state index is 3.27. The number of benzene rings is 1. The lowest BCUT2D eigenvalue weighted by Gasteiger charge is -1.90. The van der Waals surface area contributed by atoms with Gasteiger partial charge in [0.1, 0.15) is 0 Å². The third kappa shape index (κ3) is 4.43. The molecule has 1 fully saturated rings. The Balaban J connectivity index is 0.000000146. The van der Waals surface area contributed by atoms with E-state index in [2.05, 4.69) is 50.4 Å². The SMILES string of the molecule is CC1CCNC1.Cc1cccc(C)c1. The first-order valence-corrected chi connectivity index (χ1v) is 5.42. The lowest BCUT2D eigenvalue weighted by Crippen LogP contribution is -2.06. The van der Waals surface area contributed by atoms with Crippen molar-refractivity contribution < 1.29 is 0 Å². The number of nitrogens with one attached hydrogen (secondary N) is 1. The molecule has 1 aliphatic heterocycles. The van der Waals surface area contributed by atoms with Crippen LogP contribution in [0.1, 0.15) is 24.5 Å². The molecule has 1 aliphatic rings. The van der Waals surface area contributed by atoms with Crippen LogP contribution in [-0.2, 0) is 0 Å². The minimum atomic E-state index is 0.935. The normalized spacial score (nSPS) is 20.1. The Bertz CT molecular complexity index is 244. The summed E-state index contributed by atoms with van der Waals surface area (Å²) in [6.07, 6.45) is 1.38. The molecule has 1 atom stereocenters. The van der Waals surface area contributed by atoms with E-state index in [0.717, 1.165) is 5.92 Å². The van der Waals surface area contributed by atoms with Gasteiger partial charge in [-0.25, -0.2) is 0 Å². The molecule has 1 aromatic rings. The van der Waals surface area contributed by atoms with Crippen molar-refractivity contribution in [2.45, 2.75) is 27.2 Å². The van der Waals surface area contributed by atoms with E-state index in [1.807, 2.05) is 0 Å². The van der Waals surface area contributed by atoms with Crippen molar-refractivity contribution in [3.05, 3.63) is 35.4 Å². The van der Waals surface area contributed by atoms with Crippen molar-refractivity contribution in [1.29, 1.82) is 0 Å². The molecule has 0 aromatic heterocycles. The van der Waals surface area contributed by atoms with Crippen molar-refractivity contribution in [3.63, 3.8) is 0 Å². The van der Waals surface area contributed by atoms with E-state index in [1.54, 1.807) is 0 Å². The summed E-state index contributed by atoms with van der Waals surface area (Å²) in [5.41, 5.74) is 2.68. The Morgan fingerprint density at radius 1 is 1.21 bits per heavy atom. The summed E-state index contributed by atoms with van der Waals surface area (Å²) in [6, 6.07) is 8.45. The molecule has 2 rings (SSSR count). The quantitative estimate of drug-likeness (QED) is 0.665. The monoisotopic (exact) mass is 191 g/mol. The van der Waals surface area contributed by atoms with E-state index in [4.69, 9.17) is 0 Å². The molecule has 14 heavy (non-hydrogen) atoms. The van der Waals surface area contributed by atoms with Crippen LogP contribution in [0.4, 0.5) is 0 Å². The van der Waals surface area contributed by atoms with Crippen LogP contribution < -0.4 is 5.32 Å². The highest BCUT2D eigenvalue weighted by Crippen LogP contribution is 2.03. The van der Waals surface area contributed by atoms with Crippen molar-refractivity contribution in [3.8, 4) is 0 Å². The first-order chi connectivity index (χ1) is 6.68. The van der Waals surface area contributed by atoms with Gasteiger partial charge in [-0.3, -0.25) is 0 Å². The van der Waals surface area contributed by atoms with Crippen LogP contribution in [0.5, 0.6) is 0 Å². The number of aryl methyl sites for hydroxylation is 2. The summed E-state index contributed by atoms with van der Waals surface area (Å²) < 4.78 is 0. The molecule has 0 aliphatic carbocycles. The molecular formula is C13H21N. The van der Waals surface area contributed by atoms with Gasteiger partial charge in [0.05, 0.1) is 0 Å². The van der Waals surface area contributed by atoms with E-state index >= 15 is 0 Å². The molecule has 1 N–H and O–H groups in total. The van der Waals surface area contributed by atoms with Gasteiger partial charge in [-0.05, 0) is 39.3 Å². The van der Waals surface area contributed by atoms with Gasteiger partial charge in [0.15, 0.2) is 0 Å². The molecule has 1 heteroatoms. The average Bonchev–Trinajstić information content (AvgIpc) is 2.56. The molecule has 1 heterocycles. The molecule has 0 spiro atoms. The summed E-state index contributed by atoms with van der Waals surface area (Å²) >= 11 is 0. The van der Waals surface area contributed by atoms with E-state index in [9.17, 15) is 0 Å². The zero-order valence-electron chi connectivity index (χ0n) is 9.51. The molecule has 0 amide bonds. The fourth-order valence-electron chi connectivity index (χ4n) is 1.61. The topological polar surface area (TPSA) is 12.0 Å². The van der Waals surface area contributed by atoms with Gasteiger partial charge < -0.3 is 5.32 Å². The highest BCUT2D eigenvalue weighted by atomic mass is 14.9. The van der Waals surface area contributed by atoms with Gasteiger partial charge in [-0.2, -0.15) is 0 Å². The Morgan fingerprint density at radius 2 is 1.86 bits per heavy atom. The molecule has 1 aromatic carbocycles. The van der Waals surface area contributed by atoms with Crippen LogP contribution in [0, 0.1) is 19.8 Å². The summed E-state index contributed by atoms with van der Waals surface area (Å²) in [4.78, 5) is 0. The van der Waals surface area contributed by atoms with E-state index in [0.29, 0.717) is 0 Å². The average molecular weight is 191 g/mol. The number of rotatable bonds is 0. The third-order valence-corrected chi connectivity index (χ3v) is 2.48. The minimum Gasteiger partial charge on any atom is -0.316 e. The van der Waals surface area contributed by atoms with Crippen LogP contribution >= 0.6 is 0 Å². The Kier molecular flexibility index (Phi) is 4.68. The first kappa shape index (κ1) is 11.3. The lowest BCUT2D eigenvalue weighted by atomic mass is 10.2. The van der Waals surface area contributed by atoms with Crippen LogP contribution in [-0.4, -0.2) is 13.1 Å². The predicted molar refractivity (Wildman–Crippen MR) is 62.6 cm³/mol. The fourth-order valence-corrected chi connectivity index (χ4v) is 1.61. The van der Waals surface area contributed by atoms with Crippen LogP contribution in [0.15, 0.2) is 24.3 Å². The van der Waals surface area contributed by atoms with Gasteiger partial charge in [0.2, 0.25) is 0 Å². The Hall–Kier alpha value is -0.820. The third-order valence-electron chi connectivity index (χ3n) is 2.48. The van der Waals surface area contributed by atoms with Crippen molar-refractivity contribution in [2.75, 3.05) is 13.1 Å². The zero-order chi connectivity index (χ0) is 10.4. The molecule has 0 bridgehead atoms. The van der Waals surface area contributed by atoms with Crippen LogP contribution in [0.25, 0.3) is 0 Å². The highest BCUT2D eigenvalue weighted by Gasteiger charge is 2.06. The summed E-state index contributed by atoms with van der Waals surface area (Å²) in [5, 5.41) is 3.27. The molecule has 1 nitrogen and oxygen atoms in total. The fraction of sp³-hybridized carbons (Fsp3) is 0.538. The molecule has 0 radical (unpaired) electrons. The van der Waals surface area contributed by atoms with Gasteiger partial charge in [0.25, 0.3) is 0 Å². The second-order valence-corrected chi connectivity index (χ2v) is 4.26. The second-order valence-electron chi connectivity index (χ2n) is 4.26. The molecule has 78 valence electrons. The highest BCUT2D eigenvalue weighted by molar-refractivity contribution is 5.20. The Labute approximate surface area is 87.5 Å². The minimum absolute atomic E-state index is 0.935. The number of hydrogen-bond acceptors (Lipinski definition) is 1. The molecule has 1 unspecified atom stereocenters. The second kappa shape index (κ2) is 5.82. The largest absolute Gasteiger partial charge is 0.316 e. The van der Waals surface area contributed by atoms with Gasteiger partial charge in [-0.1, -0.05) is 42.3 Å². The molecule has 0 saturated carbocycles. The van der Waals surface area contributed by atoms with Gasteiger partial charge in [0, 0.05) is 0 Å². The van der Waals surface area contributed by atoms with Crippen molar-refractivity contribution in [2.24, 2.45) is 5.92 Å². The van der Waals surface area contributed by atoms with E-state index in [1.165, 1.54) is 30.6 Å². The standard InChI is InChI=1S/C8H10.C5H11N/c1-7-4-3-5-8(2)6-7;1-5-2-3-6-4-5/h3-6H,1-2H3;5-6H,2-4H2,1H3. The first-order valence-electron chi connectivity index (χ1n) is 5.42. The van der Waals surface area contributed by atoms with Crippen LogP contribution in [0.3, 0.4) is 0 Å². The van der Waals surface area contributed by atoms with E-state index < -0.39 is 0 Å².